The van der Waals surface area contributed by atoms with E-state index in [4.69, 9.17) is 18.9 Å². The molecule has 0 rings (SSSR count). The van der Waals surface area contributed by atoms with Crippen LogP contribution in [-0.2, 0) is 23.1 Å². The van der Waals surface area contributed by atoms with E-state index in [0.717, 1.165) is 19.3 Å². The Balaban J connectivity index is 4.45. The van der Waals surface area contributed by atoms with Crippen LogP contribution in [0.3, 0.4) is 0 Å². The average Bonchev–Trinajstić information content (AvgIpc) is 2.84. The lowest BCUT2D eigenvalue weighted by Crippen LogP contribution is -2.38. The molecule has 0 spiro atoms. The highest BCUT2D eigenvalue weighted by Crippen LogP contribution is 2.41. The van der Waals surface area contributed by atoms with E-state index in [0.29, 0.717) is 30.3 Å². The van der Waals surface area contributed by atoms with E-state index in [2.05, 4.69) is 6.92 Å². The second-order valence-corrected chi connectivity index (χ2v) is 13.1. The lowest BCUT2D eigenvalue weighted by molar-refractivity contribution is -0.870. The molecule has 0 aliphatic rings. The zero-order chi connectivity index (χ0) is 29.4. The number of hydrogen-bond donors (Lipinski definition) is 2. The van der Waals surface area contributed by atoms with E-state index < -0.39 is 26.0 Å². The molecule has 0 heterocycles. The number of aliphatic hydroxyl groups excluding tert-OH is 1. The van der Waals surface area contributed by atoms with Gasteiger partial charge in [0.1, 0.15) is 19.3 Å². The summed E-state index contributed by atoms with van der Waals surface area (Å²) in [7, 11) is 1.25. The molecule has 0 radical (unpaired) electrons. The minimum Gasteiger partial charge on any atom is -0.756 e. The van der Waals surface area contributed by atoms with Crippen molar-refractivity contribution >= 4 is 13.8 Å². The van der Waals surface area contributed by atoms with Crippen molar-refractivity contribution in [2.75, 3.05) is 47.5 Å². The molecule has 0 aromatic heterocycles. The summed E-state index contributed by atoms with van der Waals surface area (Å²) in [6.45, 7) is 2.60. The van der Waals surface area contributed by atoms with Gasteiger partial charge >= 0.3 is 5.97 Å². The number of aliphatic hydroxyl groups is 1. The summed E-state index contributed by atoms with van der Waals surface area (Å²) in [5, 5.41) is 18.7. The Bertz CT molecular complexity index is 629. The lowest BCUT2D eigenvalue weighted by atomic mass is 10.0. The molecule has 0 saturated heterocycles. The van der Waals surface area contributed by atoms with E-state index >= 15 is 0 Å². The highest BCUT2D eigenvalue weighted by Gasteiger charge is 2.27. The first-order valence-electron chi connectivity index (χ1n) is 15.4. The van der Waals surface area contributed by atoms with Gasteiger partial charge in [0.25, 0.3) is 7.82 Å². The van der Waals surface area contributed by atoms with Crippen molar-refractivity contribution in [2.45, 2.75) is 135 Å². The molecule has 3 atom stereocenters. The van der Waals surface area contributed by atoms with Crippen molar-refractivity contribution in [3.8, 4) is 0 Å². The zero-order valence-corrected chi connectivity index (χ0v) is 26.3. The highest BCUT2D eigenvalue weighted by atomic mass is 31.2. The first kappa shape index (κ1) is 38.5. The molecule has 0 fully saturated rings. The quantitative estimate of drug-likeness (QED) is 0.0620. The van der Waals surface area contributed by atoms with Crippen LogP contribution in [0.25, 0.3) is 0 Å². The number of carbonyl (C=O) groups is 1. The number of carboxylic acids is 1. The van der Waals surface area contributed by atoms with Crippen LogP contribution in [0.5, 0.6) is 0 Å². The van der Waals surface area contributed by atoms with Gasteiger partial charge in [-0.05, 0) is 19.3 Å². The van der Waals surface area contributed by atoms with Crippen molar-refractivity contribution in [1.29, 1.82) is 0 Å². The monoisotopic (exact) mass is 581 g/mol. The Labute approximate surface area is 238 Å². The molecule has 0 saturated carbocycles. The molecule has 0 amide bonds. The van der Waals surface area contributed by atoms with Gasteiger partial charge in [-0.1, -0.05) is 96.8 Å². The van der Waals surface area contributed by atoms with Gasteiger partial charge in [0, 0.05) is 13.0 Å². The van der Waals surface area contributed by atoms with Gasteiger partial charge in [0.15, 0.2) is 0 Å². The largest absolute Gasteiger partial charge is 0.756 e. The van der Waals surface area contributed by atoms with Crippen LogP contribution in [0.1, 0.15) is 122 Å². The summed E-state index contributed by atoms with van der Waals surface area (Å²) in [6.07, 6.45) is 17.0. The Morgan fingerprint density at radius 3 is 1.77 bits per heavy atom. The van der Waals surface area contributed by atoms with Crippen molar-refractivity contribution in [3.05, 3.63) is 0 Å². The first-order valence-corrected chi connectivity index (χ1v) is 16.9. The lowest BCUT2D eigenvalue weighted by Gasteiger charge is -2.33. The van der Waals surface area contributed by atoms with Crippen LogP contribution in [0.2, 0.25) is 0 Å². The van der Waals surface area contributed by atoms with Gasteiger partial charge in [-0.25, -0.2) is 0 Å². The van der Waals surface area contributed by atoms with Gasteiger partial charge in [-0.2, -0.15) is 0 Å². The normalized spacial score (nSPS) is 15.2. The third kappa shape index (κ3) is 26.1. The number of phosphoric ester groups is 1. The Morgan fingerprint density at radius 1 is 0.795 bits per heavy atom. The standard InChI is InChI=1S/C29H60NO8P/c1-5-6-7-8-9-10-11-12-13-14-15-16-17-18-21-27(28(26-31)36-24-20-19-22-29(32)33)38-39(34,35)37-25-23-30(2,3)4/h27-28,31H,5-26H2,1-4H3,(H-,32,33,34,35)/t27?,28-/m0/s1. The Morgan fingerprint density at radius 2 is 1.31 bits per heavy atom. The first-order chi connectivity index (χ1) is 18.5. The van der Waals surface area contributed by atoms with Crippen molar-refractivity contribution in [2.24, 2.45) is 0 Å². The summed E-state index contributed by atoms with van der Waals surface area (Å²) < 4.78 is 29.3. The van der Waals surface area contributed by atoms with Gasteiger partial charge in [0.2, 0.25) is 0 Å². The predicted molar refractivity (Wildman–Crippen MR) is 155 cm³/mol. The summed E-state index contributed by atoms with van der Waals surface area (Å²) in [5.41, 5.74) is 0. The van der Waals surface area contributed by atoms with E-state index in [-0.39, 0.29) is 26.2 Å². The third-order valence-corrected chi connectivity index (χ3v) is 7.86. The number of quaternary nitrogens is 1. The molecule has 0 aromatic carbocycles. The molecule has 0 aliphatic carbocycles. The maximum absolute atomic E-state index is 12.5. The van der Waals surface area contributed by atoms with Crippen LogP contribution < -0.4 is 4.89 Å². The van der Waals surface area contributed by atoms with Crippen LogP contribution in [0, 0.1) is 0 Å². The second-order valence-electron chi connectivity index (χ2n) is 11.8. The summed E-state index contributed by atoms with van der Waals surface area (Å²) in [5.74, 6) is -0.869. The molecule has 10 heteroatoms. The fourth-order valence-electron chi connectivity index (χ4n) is 4.36. The minimum atomic E-state index is -4.58. The minimum absolute atomic E-state index is 0.00962. The summed E-state index contributed by atoms with van der Waals surface area (Å²) in [6, 6.07) is 0. The number of carboxylic acid groups (broad SMARTS) is 1. The smallest absolute Gasteiger partial charge is 0.303 e. The Kier molecular flexibility index (Phi) is 23.8. The number of unbranched alkanes of at least 4 members (excludes halogenated alkanes) is 14. The molecule has 39 heavy (non-hydrogen) atoms. The molecule has 9 nitrogen and oxygen atoms in total. The molecule has 0 bridgehead atoms. The highest BCUT2D eigenvalue weighted by molar-refractivity contribution is 7.45. The van der Waals surface area contributed by atoms with Crippen molar-refractivity contribution < 1.29 is 42.7 Å². The number of hydrogen-bond acceptors (Lipinski definition) is 7. The van der Waals surface area contributed by atoms with Crippen LogP contribution in [0.4, 0.5) is 0 Å². The number of nitrogens with zero attached hydrogens (tertiary/aromatic N) is 1. The molecular formula is C29H60NO8P. The second kappa shape index (κ2) is 24.1. The van der Waals surface area contributed by atoms with Gasteiger partial charge in [-0.3, -0.25) is 9.36 Å². The van der Waals surface area contributed by atoms with Crippen molar-refractivity contribution in [3.63, 3.8) is 0 Å². The van der Waals surface area contributed by atoms with E-state index in [1.807, 2.05) is 21.1 Å². The maximum Gasteiger partial charge on any atom is 0.303 e. The topological polar surface area (TPSA) is 125 Å². The molecular weight excluding hydrogens is 521 g/mol. The van der Waals surface area contributed by atoms with Gasteiger partial charge in [0.05, 0.1) is 33.9 Å². The molecule has 0 aliphatic heterocycles. The van der Waals surface area contributed by atoms with Crippen molar-refractivity contribution in [1.82, 2.24) is 0 Å². The summed E-state index contributed by atoms with van der Waals surface area (Å²) in [4.78, 5) is 23.2. The van der Waals surface area contributed by atoms with Crippen LogP contribution in [0.15, 0.2) is 0 Å². The predicted octanol–water partition coefficient (Wildman–Crippen LogP) is 6.07. The molecule has 0 aromatic rings. The number of likely N-dealkylation sites (N-methyl/N-ethyl adjacent to an activating group) is 1. The number of phosphoric acid groups is 1. The van der Waals surface area contributed by atoms with Crippen LogP contribution in [-0.4, -0.2) is 80.4 Å². The van der Waals surface area contributed by atoms with Crippen LogP contribution >= 0.6 is 7.82 Å². The number of ether oxygens (including phenoxy) is 1. The van der Waals surface area contributed by atoms with Gasteiger partial charge < -0.3 is 33.4 Å². The molecule has 234 valence electrons. The number of rotatable bonds is 29. The van der Waals surface area contributed by atoms with E-state index in [1.165, 1.54) is 70.6 Å². The molecule has 2 N–H and O–H groups in total. The maximum atomic E-state index is 12.5. The van der Waals surface area contributed by atoms with Gasteiger partial charge in [-0.15, -0.1) is 0 Å². The SMILES string of the molecule is CCCCCCCCCCCCCCCCC(OP(=O)([O-])OCC[N+](C)(C)C)[C@H](CO)OCCCCC(=O)O. The summed E-state index contributed by atoms with van der Waals surface area (Å²) >= 11 is 0. The zero-order valence-electron chi connectivity index (χ0n) is 25.4. The fourth-order valence-corrected chi connectivity index (χ4v) is 5.30. The fraction of sp³-hybridized carbons (Fsp3) is 0.966. The average molecular weight is 582 g/mol. The Hall–Kier alpha value is -0.540. The third-order valence-electron chi connectivity index (χ3n) is 6.83. The van der Waals surface area contributed by atoms with E-state index in [9.17, 15) is 19.4 Å². The van der Waals surface area contributed by atoms with E-state index in [1.54, 1.807) is 0 Å². The molecule has 2 unspecified atom stereocenters. The number of aliphatic carboxylic acids is 1.